The fourth-order valence-electron chi connectivity index (χ4n) is 3.00. The minimum Gasteiger partial charge on any atom is -0.493 e. The summed E-state index contributed by atoms with van der Waals surface area (Å²) in [7, 11) is 1.61. The van der Waals surface area contributed by atoms with E-state index in [9.17, 15) is 4.79 Å². The Morgan fingerprint density at radius 1 is 1.26 bits per heavy atom. The van der Waals surface area contributed by atoms with Gasteiger partial charge in [0.2, 0.25) is 0 Å². The van der Waals surface area contributed by atoms with Crippen LogP contribution in [0, 0.1) is 11.8 Å². The average molecular weight is 315 g/mol. The molecular formula is C19H25NO3. The summed E-state index contributed by atoms with van der Waals surface area (Å²) in [6.45, 7) is 2.01. The summed E-state index contributed by atoms with van der Waals surface area (Å²) in [6.07, 6.45) is 8.98. The van der Waals surface area contributed by atoms with Gasteiger partial charge >= 0.3 is 0 Å². The van der Waals surface area contributed by atoms with Crippen molar-refractivity contribution in [3.05, 3.63) is 29.8 Å². The van der Waals surface area contributed by atoms with Crippen molar-refractivity contribution in [1.82, 2.24) is 5.32 Å². The monoisotopic (exact) mass is 315 g/mol. The summed E-state index contributed by atoms with van der Waals surface area (Å²) in [5, 5.41) is 3.16. The summed E-state index contributed by atoms with van der Waals surface area (Å²) in [5.74, 6) is 2.61. The maximum atomic E-state index is 12.2. The predicted molar refractivity (Wildman–Crippen MR) is 90.6 cm³/mol. The SMILES string of the molecule is C/C=C/c1ccc(OCC(=O)NC(C2CC2)C2CC2)c(OC)c1. The van der Waals surface area contributed by atoms with Crippen LogP contribution in [0.25, 0.3) is 6.08 Å². The lowest BCUT2D eigenvalue weighted by molar-refractivity contribution is -0.124. The van der Waals surface area contributed by atoms with Crippen molar-refractivity contribution in [3.63, 3.8) is 0 Å². The summed E-state index contributed by atoms with van der Waals surface area (Å²) in [6, 6.07) is 6.07. The van der Waals surface area contributed by atoms with Gasteiger partial charge < -0.3 is 14.8 Å². The van der Waals surface area contributed by atoms with Gasteiger partial charge in [-0.2, -0.15) is 0 Å². The van der Waals surface area contributed by atoms with Crippen molar-refractivity contribution < 1.29 is 14.3 Å². The highest BCUT2D eigenvalue weighted by atomic mass is 16.5. The molecule has 124 valence electrons. The van der Waals surface area contributed by atoms with Crippen LogP contribution in [0.15, 0.2) is 24.3 Å². The van der Waals surface area contributed by atoms with Gasteiger partial charge in [-0.25, -0.2) is 0 Å². The second kappa shape index (κ2) is 7.07. The molecule has 0 aliphatic heterocycles. The molecule has 1 aromatic carbocycles. The highest BCUT2D eigenvalue weighted by Gasteiger charge is 2.42. The Balaban J connectivity index is 1.55. The van der Waals surface area contributed by atoms with Crippen LogP contribution in [0.2, 0.25) is 0 Å². The number of allylic oxidation sites excluding steroid dienone is 1. The van der Waals surface area contributed by atoms with E-state index < -0.39 is 0 Å². The molecule has 0 heterocycles. The average Bonchev–Trinajstić information content (AvgIpc) is 3.44. The van der Waals surface area contributed by atoms with Gasteiger partial charge in [-0.05, 0) is 62.1 Å². The summed E-state index contributed by atoms with van der Waals surface area (Å²) < 4.78 is 11.0. The number of hydrogen-bond donors (Lipinski definition) is 1. The number of benzene rings is 1. The van der Waals surface area contributed by atoms with Crippen molar-refractivity contribution in [2.24, 2.45) is 11.8 Å². The van der Waals surface area contributed by atoms with Crippen LogP contribution in [-0.4, -0.2) is 25.7 Å². The zero-order valence-corrected chi connectivity index (χ0v) is 13.9. The highest BCUT2D eigenvalue weighted by Crippen LogP contribution is 2.44. The van der Waals surface area contributed by atoms with Gasteiger partial charge in [-0.1, -0.05) is 18.2 Å². The van der Waals surface area contributed by atoms with Crippen LogP contribution in [0.1, 0.15) is 38.2 Å². The van der Waals surface area contributed by atoms with Gasteiger partial charge in [0.1, 0.15) is 0 Å². The van der Waals surface area contributed by atoms with E-state index in [0.29, 0.717) is 29.4 Å². The lowest BCUT2D eigenvalue weighted by Gasteiger charge is -2.18. The van der Waals surface area contributed by atoms with Crippen LogP contribution >= 0.6 is 0 Å². The second-order valence-corrected chi connectivity index (χ2v) is 6.47. The first-order chi connectivity index (χ1) is 11.2. The molecule has 0 saturated heterocycles. The minimum atomic E-state index is -0.0339. The number of rotatable bonds is 8. The lowest BCUT2D eigenvalue weighted by Crippen LogP contribution is -2.40. The van der Waals surface area contributed by atoms with Gasteiger partial charge in [0.15, 0.2) is 18.1 Å². The predicted octanol–water partition coefficient (Wildman–Crippen LogP) is 3.41. The topological polar surface area (TPSA) is 47.6 Å². The summed E-state index contributed by atoms with van der Waals surface area (Å²) >= 11 is 0. The van der Waals surface area contributed by atoms with Crippen LogP contribution in [0.4, 0.5) is 0 Å². The molecule has 0 radical (unpaired) electrons. The third-order valence-electron chi connectivity index (χ3n) is 4.49. The molecule has 23 heavy (non-hydrogen) atoms. The number of amides is 1. The van der Waals surface area contributed by atoms with Crippen molar-refractivity contribution >= 4 is 12.0 Å². The molecule has 2 aliphatic carbocycles. The summed E-state index contributed by atoms with van der Waals surface area (Å²) in [5.41, 5.74) is 1.05. The normalized spacial score (nSPS) is 17.5. The quantitative estimate of drug-likeness (QED) is 0.799. The van der Waals surface area contributed by atoms with E-state index in [4.69, 9.17) is 9.47 Å². The van der Waals surface area contributed by atoms with Crippen molar-refractivity contribution in [3.8, 4) is 11.5 Å². The molecule has 4 nitrogen and oxygen atoms in total. The van der Waals surface area contributed by atoms with E-state index >= 15 is 0 Å². The maximum absolute atomic E-state index is 12.2. The molecule has 2 saturated carbocycles. The third-order valence-corrected chi connectivity index (χ3v) is 4.49. The number of nitrogens with one attached hydrogen (secondary N) is 1. The maximum Gasteiger partial charge on any atom is 0.258 e. The van der Waals surface area contributed by atoms with E-state index in [1.807, 2.05) is 37.3 Å². The minimum absolute atomic E-state index is 0.0339. The van der Waals surface area contributed by atoms with E-state index in [1.165, 1.54) is 25.7 Å². The lowest BCUT2D eigenvalue weighted by atomic mass is 10.1. The molecule has 2 aliphatic rings. The third kappa shape index (κ3) is 4.27. The van der Waals surface area contributed by atoms with Gasteiger partial charge in [-0.3, -0.25) is 4.79 Å². The molecular weight excluding hydrogens is 290 g/mol. The molecule has 0 bridgehead atoms. The van der Waals surface area contributed by atoms with E-state index in [-0.39, 0.29) is 12.5 Å². The molecule has 3 rings (SSSR count). The second-order valence-electron chi connectivity index (χ2n) is 6.47. The number of carbonyl (C=O) groups excluding carboxylic acids is 1. The smallest absolute Gasteiger partial charge is 0.258 e. The van der Waals surface area contributed by atoms with Gasteiger partial charge in [0.05, 0.1) is 7.11 Å². The Hall–Kier alpha value is -1.97. The molecule has 4 heteroatoms. The van der Waals surface area contributed by atoms with Crippen molar-refractivity contribution in [1.29, 1.82) is 0 Å². The zero-order valence-electron chi connectivity index (χ0n) is 13.9. The molecule has 0 spiro atoms. The molecule has 1 amide bonds. The van der Waals surface area contributed by atoms with Gasteiger partial charge in [-0.15, -0.1) is 0 Å². The summed E-state index contributed by atoms with van der Waals surface area (Å²) in [4.78, 5) is 12.2. The first-order valence-electron chi connectivity index (χ1n) is 8.44. The first-order valence-corrected chi connectivity index (χ1v) is 8.44. The highest BCUT2D eigenvalue weighted by molar-refractivity contribution is 5.78. The fraction of sp³-hybridized carbons (Fsp3) is 0.526. The Bertz CT molecular complexity index is 576. The molecule has 0 atom stereocenters. The standard InChI is InChI=1S/C19H25NO3/c1-3-4-13-5-10-16(17(11-13)22-2)23-12-18(21)20-19(14-6-7-14)15-8-9-15/h3-5,10-11,14-15,19H,6-9,12H2,1-2H3,(H,20,21)/b4-3+. The number of carbonyl (C=O) groups is 1. The molecule has 0 unspecified atom stereocenters. The van der Waals surface area contributed by atoms with Gasteiger partial charge in [0, 0.05) is 6.04 Å². The first kappa shape index (κ1) is 15.9. The Labute approximate surface area is 137 Å². The Morgan fingerprint density at radius 3 is 2.52 bits per heavy atom. The number of methoxy groups -OCH3 is 1. The molecule has 0 aromatic heterocycles. The van der Waals surface area contributed by atoms with E-state index in [2.05, 4.69) is 5.32 Å². The fourth-order valence-corrected chi connectivity index (χ4v) is 3.00. The molecule has 2 fully saturated rings. The number of hydrogen-bond acceptors (Lipinski definition) is 3. The zero-order chi connectivity index (χ0) is 16.2. The van der Waals surface area contributed by atoms with E-state index in [0.717, 1.165) is 5.56 Å². The largest absolute Gasteiger partial charge is 0.493 e. The van der Waals surface area contributed by atoms with Crippen LogP contribution in [0.5, 0.6) is 11.5 Å². The van der Waals surface area contributed by atoms with Crippen molar-refractivity contribution in [2.75, 3.05) is 13.7 Å². The Kier molecular flexibility index (Phi) is 4.89. The number of ether oxygens (including phenoxy) is 2. The molecule has 1 N–H and O–H groups in total. The Morgan fingerprint density at radius 2 is 1.96 bits per heavy atom. The van der Waals surface area contributed by atoms with Crippen molar-refractivity contribution in [2.45, 2.75) is 38.6 Å². The molecule has 1 aromatic rings. The van der Waals surface area contributed by atoms with E-state index in [1.54, 1.807) is 7.11 Å². The van der Waals surface area contributed by atoms with Crippen LogP contribution in [0.3, 0.4) is 0 Å². The van der Waals surface area contributed by atoms with Crippen LogP contribution in [-0.2, 0) is 4.79 Å². The van der Waals surface area contributed by atoms with Crippen LogP contribution < -0.4 is 14.8 Å². The van der Waals surface area contributed by atoms with Gasteiger partial charge in [0.25, 0.3) is 5.91 Å².